The number of rotatable bonds is 4. The lowest BCUT2D eigenvalue weighted by atomic mass is 10.1. The smallest absolute Gasteiger partial charge is 0.161 e. The molecule has 2 aromatic rings. The van der Waals surface area contributed by atoms with Gasteiger partial charge in [-0.2, -0.15) is 0 Å². The average molecular weight is 276 g/mol. The molecule has 0 radical (unpaired) electrons. The first-order chi connectivity index (χ1) is 9.12. The standard InChI is InChI=1S/C14H16N2O2S/c1-9-6-14(19)16-13(15-9)8-10-4-5-11(17-2)12(7-10)18-3/h4-7H,8H2,1-3H3,(H,15,16,19). The Morgan fingerprint density at radius 3 is 2.53 bits per heavy atom. The number of ether oxygens (including phenoxy) is 2. The van der Waals surface area contributed by atoms with Gasteiger partial charge in [-0.25, -0.2) is 4.98 Å². The first-order valence-electron chi connectivity index (χ1n) is 5.90. The zero-order valence-electron chi connectivity index (χ0n) is 11.2. The van der Waals surface area contributed by atoms with Crippen molar-refractivity contribution in [2.24, 2.45) is 0 Å². The maximum Gasteiger partial charge on any atom is 0.161 e. The Kier molecular flexibility index (Phi) is 4.16. The molecule has 0 unspecified atom stereocenters. The molecule has 1 heterocycles. The van der Waals surface area contributed by atoms with Crippen LogP contribution in [-0.2, 0) is 6.42 Å². The SMILES string of the molecule is COc1ccc(Cc2nc(=S)cc(C)[nH]2)cc1OC. The Labute approximate surface area is 117 Å². The van der Waals surface area contributed by atoms with Crippen molar-refractivity contribution in [3.63, 3.8) is 0 Å². The molecule has 0 bridgehead atoms. The molecule has 0 fully saturated rings. The number of nitrogens with one attached hydrogen (secondary N) is 1. The van der Waals surface area contributed by atoms with Gasteiger partial charge in [-0.15, -0.1) is 0 Å². The quantitative estimate of drug-likeness (QED) is 0.872. The Morgan fingerprint density at radius 2 is 1.89 bits per heavy atom. The molecule has 1 N–H and O–H groups in total. The van der Waals surface area contributed by atoms with Gasteiger partial charge in [0.1, 0.15) is 10.5 Å². The molecule has 2 rings (SSSR count). The summed E-state index contributed by atoms with van der Waals surface area (Å²) in [4.78, 5) is 7.53. The molecule has 0 aliphatic carbocycles. The second-order valence-electron chi connectivity index (χ2n) is 4.22. The Balaban J connectivity index is 2.30. The summed E-state index contributed by atoms with van der Waals surface area (Å²) in [6, 6.07) is 7.66. The molecular weight excluding hydrogens is 260 g/mol. The van der Waals surface area contributed by atoms with Gasteiger partial charge in [-0.1, -0.05) is 18.3 Å². The number of hydrogen-bond acceptors (Lipinski definition) is 4. The highest BCUT2D eigenvalue weighted by molar-refractivity contribution is 7.71. The van der Waals surface area contributed by atoms with Crippen molar-refractivity contribution < 1.29 is 9.47 Å². The van der Waals surface area contributed by atoms with Gasteiger partial charge in [0.15, 0.2) is 11.5 Å². The topological polar surface area (TPSA) is 47.1 Å². The highest BCUT2D eigenvalue weighted by Gasteiger charge is 2.06. The Morgan fingerprint density at radius 1 is 1.16 bits per heavy atom. The molecule has 0 aliphatic heterocycles. The number of benzene rings is 1. The predicted octanol–water partition coefficient (Wildman–Crippen LogP) is 3.06. The van der Waals surface area contributed by atoms with E-state index in [2.05, 4.69) is 9.97 Å². The minimum Gasteiger partial charge on any atom is -0.493 e. The molecule has 0 aliphatic rings. The van der Waals surface area contributed by atoms with Crippen LogP contribution in [0.15, 0.2) is 24.3 Å². The first kappa shape index (κ1) is 13.5. The third-order valence-electron chi connectivity index (χ3n) is 2.75. The summed E-state index contributed by atoms with van der Waals surface area (Å²) in [7, 11) is 3.25. The molecule has 4 nitrogen and oxygen atoms in total. The largest absolute Gasteiger partial charge is 0.493 e. The average Bonchev–Trinajstić information content (AvgIpc) is 2.37. The van der Waals surface area contributed by atoms with Crippen LogP contribution in [0.1, 0.15) is 17.1 Å². The first-order valence-corrected chi connectivity index (χ1v) is 6.31. The number of nitrogens with zero attached hydrogens (tertiary/aromatic N) is 1. The third-order valence-corrected chi connectivity index (χ3v) is 2.96. The number of hydrogen-bond donors (Lipinski definition) is 1. The van der Waals surface area contributed by atoms with Gasteiger partial charge in [0.05, 0.1) is 14.2 Å². The van der Waals surface area contributed by atoms with Crippen molar-refractivity contribution in [2.75, 3.05) is 14.2 Å². The van der Waals surface area contributed by atoms with E-state index in [1.807, 2.05) is 31.2 Å². The maximum absolute atomic E-state index is 5.29. The lowest BCUT2D eigenvalue weighted by Crippen LogP contribution is -1.99. The van der Waals surface area contributed by atoms with Crippen LogP contribution in [0.2, 0.25) is 0 Å². The molecule has 1 aromatic heterocycles. The summed E-state index contributed by atoms with van der Waals surface area (Å²) in [6.45, 7) is 1.97. The third kappa shape index (κ3) is 3.32. The van der Waals surface area contributed by atoms with E-state index in [-0.39, 0.29) is 0 Å². The van der Waals surface area contributed by atoms with Gasteiger partial charge in [-0.05, 0) is 30.7 Å². The van der Waals surface area contributed by atoms with Crippen LogP contribution in [0, 0.1) is 11.6 Å². The second kappa shape index (κ2) is 5.84. The fourth-order valence-electron chi connectivity index (χ4n) is 1.91. The molecule has 0 spiro atoms. The summed E-state index contributed by atoms with van der Waals surface area (Å²) in [5, 5.41) is 0. The minimum atomic E-state index is 0.603. The lowest BCUT2D eigenvalue weighted by Gasteiger charge is -2.09. The van der Waals surface area contributed by atoms with Crippen LogP contribution in [0.5, 0.6) is 11.5 Å². The van der Waals surface area contributed by atoms with E-state index < -0.39 is 0 Å². The molecule has 0 amide bonds. The van der Waals surface area contributed by atoms with Crippen LogP contribution < -0.4 is 9.47 Å². The number of aryl methyl sites for hydroxylation is 1. The molecule has 1 aromatic carbocycles. The number of methoxy groups -OCH3 is 2. The maximum atomic E-state index is 5.29. The predicted molar refractivity (Wildman–Crippen MR) is 76.5 cm³/mol. The van der Waals surface area contributed by atoms with Crippen LogP contribution >= 0.6 is 12.2 Å². The van der Waals surface area contributed by atoms with Crippen molar-refractivity contribution in [3.05, 3.63) is 46.0 Å². The van der Waals surface area contributed by atoms with Crippen molar-refractivity contribution in [1.82, 2.24) is 9.97 Å². The van der Waals surface area contributed by atoms with Gasteiger partial charge in [0, 0.05) is 12.1 Å². The fraction of sp³-hybridized carbons (Fsp3) is 0.286. The summed E-state index contributed by atoms with van der Waals surface area (Å²) in [5.74, 6) is 2.28. The van der Waals surface area contributed by atoms with Gasteiger partial charge in [0.2, 0.25) is 0 Å². The highest BCUT2D eigenvalue weighted by Crippen LogP contribution is 2.28. The molecule has 19 heavy (non-hydrogen) atoms. The number of aromatic nitrogens is 2. The van der Waals surface area contributed by atoms with Crippen molar-refractivity contribution >= 4 is 12.2 Å². The van der Waals surface area contributed by atoms with E-state index >= 15 is 0 Å². The van der Waals surface area contributed by atoms with Gasteiger partial charge in [-0.3, -0.25) is 0 Å². The van der Waals surface area contributed by atoms with Crippen molar-refractivity contribution in [2.45, 2.75) is 13.3 Å². The summed E-state index contributed by atoms with van der Waals surface area (Å²) >= 11 is 5.12. The van der Waals surface area contributed by atoms with E-state index in [4.69, 9.17) is 21.7 Å². The van der Waals surface area contributed by atoms with Gasteiger partial charge in [0.25, 0.3) is 0 Å². The Hall–Kier alpha value is -1.88. The normalized spacial score (nSPS) is 10.3. The van der Waals surface area contributed by atoms with Crippen molar-refractivity contribution in [1.29, 1.82) is 0 Å². The van der Waals surface area contributed by atoms with Crippen LogP contribution in [-0.4, -0.2) is 24.2 Å². The second-order valence-corrected chi connectivity index (χ2v) is 4.63. The van der Waals surface area contributed by atoms with Gasteiger partial charge < -0.3 is 14.5 Å². The van der Waals surface area contributed by atoms with Crippen LogP contribution in [0.4, 0.5) is 0 Å². The zero-order chi connectivity index (χ0) is 13.8. The summed E-state index contributed by atoms with van der Waals surface area (Å²) in [5.41, 5.74) is 2.09. The van der Waals surface area contributed by atoms with E-state index in [1.165, 1.54) is 0 Å². The van der Waals surface area contributed by atoms with Crippen LogP contribution in [0.25, 0.3) is 0 Å². The molecule has 0 saturated carbocycles. The van der Waals surface area contributed by atoms with Crippen molar-refractivity contribution in [3.8, 4) is 11.5 Å². The van der Waals surface area contributed by atoms with E-state index in [0.717, 1.165) is 22.8 Å². The number of H-pyrrole nitrogens is 1. The van der Waals surface area contributed by atoms with Crippen LogP contribution in [0.3, 0.4) is 0 Å². The molecule has 5 heteroatoms. The highest BCUT2D eigenvalue weighted by atomic mass is 32.1. The molecule has 0 saturated heterocycles. The van der Waals surface area contributed by atoms with E-state index in [9.17, 15) is 0 Å². The molecular formula is C14H16N2O2S. The summed E-state index contributed by atoms with van der Waals surface area (Å²) in [6.07, 6.45) is 0.672. The lowest BCUT2D eigenvalue weighted by molar-refractivity contribution is 0.354. The van der Waals surface area contributed by atoms with E-state index in [1.54, 1.807) is 14.2 Å². The molecule has 0 atom stereocenters. The monoisotopic (exact) mass is 276 g/mol. The number of aromatic amines is 1. The zero-order valence-corrected chi connectivity index (χ0v) is 12.0. The van der Waals surface area contributed by atoms with Gasteiger partial charge >= 0.3 is 0 Å². The fourth-order valence-corrected chi connectivity index (χ4v) is 2.20. The summed E-state index contributed by atoms with van der Waals surface area (Å²) < 4.78 is 11.1. The minimum absolute atomic E-state index is 0.603. The van der Waals surface area contributed by atoms with E-state index in [0.29, 0.717) is 16.8 Å². The Bertz CT molecular complexity index is 638. The molecule has 100 valence electrons.